The highest BCUT2D eigenvalue weighted by Gasteiger charge is 2.31. The Labute approximate surface area is 115 Å². The number of hydrogen-bond donors (Lipinski definition) is 1. The highest BCUT2D eigenvalue weighted by Crippen LogP contribution is 2.27. The zero-order valence-electron chi connectivity index (χ0n) is 9.56. The number of carbonyl (C=O) groups is 1. The number of carboxylic acids is 1. The van der Waals surface area contributed by atoms with Crippen molar-refractivity contribution in [3.05, 3.63) is 33.8 Å². The molecule has 1 aromatic carbocycles. The van der Waals surface area contributed by atoms with Gasteiger partial charge in [0.15, 0.2) is 15.1 Å². The van der Waals surface area contributed by atoms with E-state index in [0.717, 1.165) is 0 Å². The van der Waals surface area contributed by atoms with Crippen LogP contribution in [-0.2, 0) is 20.4 Å². The molecule has 1 aromatic rings. The summed E-state index contributed by atoms with van der Waals surface area (Å²) in [5.41, 5.74) is 0.237. The maximum absolute atomic E-state index is 12.0. The fourth-order valence-corrected chi connectivity index (χ4v) is 3.97. The highest BCUT2D eigenvalue weighted by molar-refractivity contribution is 7.92. The molecule has 4 nitrogen and oxygen atoms in total. The van der Waals surface area contributed by atoms with E-state index in [0.29, 0.717) is 0 Å². The minimum absolute atomic E-state index is 0.000260. The van der Waals surface area contributed by atoms with E-state index >= 15 is 0 Å². The average molecular weight is 311 g/mol. The molecule has 0 saturated carbocycles. The van der Waals surface area contributed by atoms with E-state index < -0.39 is 26.8 Å². The van der Waals surface area contributed by atoms with Gasteiger partial charge in [0.25, 0.3) is 0 Å². The first-order valence-corrected chi connectivity index (χ1v) is 7.64. The predicted octanol–water partition coefficient (Wildman–Crippen LogP) is 2.77. The van der Waals surface area contributed by atoms with Crippen molar-refractivity contribution in [2.45, 2.75) is 24.3 Å². The second kappa shape index (κ2) is 5.91. The molecule has 1 rings (SSSR count). The Balaban J connectivity index is 3.14. The lowest BCUT2D eigenvalue weighted by Crippen LogP contribution is -2.30. The third kappa shape index (κ3) is 3.37. The van der Waals surface area contributed by atoms with Crippen molar-refractivity contribution >= 4 is 39.0 Å². The van der Waals surface area contributed by atoms with Crippen LogP contribution in [0.5, 0.6) is 0 Å². The topological polar surface area (TPSA) is 71.4 Å². The van der Waals surface area contributed by atoms with Gasteiger partial charge >= 0.3 is 5.97 Å². The Hall–Kier alpha value is -0.780. The van der Waals surface area contributed by atoms with Gasteiger partial charge in [-0.15, -0.1) is 0 Å². The van der Waals surface area contributed by atoms with Crippen molar-refractivity contribution in [1.29, 1.82) is 0 Å². The Bertz CT molecular complexity index is 534. The van der Waals surface area contributed by atoms with E-state index in [-0.39, 0.29) is 22.0 Å². The second-order valence-corrected chi connectivity index (χ2v) is 6.74. The summed E-state index contributed by atoms with van der Waals surface area (Å²) in [6.07, 6.45) is -0.000260. The zero-order chi connectivity index (χ0) is 13.9. The Kier molecular flexibility index (Phi) is 5.01. The monoisotopic (exact) mass is 310 g/mol. The largest absolute Gasteiger partial charge is 0.480 e. The van der Waals surface area contributed by atoms with Crippen LogP contribution < -0.4 is 0 Å². The number of aliphatic carboxylic acids is 1. The molecule has 0 aromatic heterocycles. The summed E-state index contributed by atoms with van der Waals surface area (Å²) in [6, 6.07) is 4.62. The summed E-state index contributed by atoms with van der Waals surface area (Å²) in [6.45, 7) is 1.50. The molecule has 0 saturated heterocycles. The van der Waals surface area contributed by atoms with Crippen LogP contribution in [0.15, 0.2) is 18.2 Å². The molecular weight excluding hydrogens is 299 g/mol. The Morgan fingerprint density at radius 1 is 1.33 bits per heavy atom. The van der Waals surface area contributed by atoms with Crippen molar-refractivity contribution in [2.24, 2.45) is 0 Å². The van der Waals surface area contributed by atoms with Gasteiger partial charge in [0.1, 0.15) is 0 Å². The van der Waals surface area contributed by atoms with E-state index in [9.17, 15) is 13.2 Å². The van der Waals surface area contributed by atoms with Crippen LogP contribution in [0.4, 0.5) is 0 Å². The van der Waals surface area contributed by atoms with E-state index in [1.54, 1.807) is 6.07 Å². The predicted molar refractivity (Wildman–Crippen MR) is 70.8 cm³/mol. The van der Waals surface area contributed by atoms with Crippen molar-refractivity contribution in [3.63, 3.8) is 0 Å². The number of carboxylic acid groups (broad SMARTS) is 1. The van der Waals surface area contributed by atoms with Gasteiger partial charge in [0.05, 0.1) is 5.75 Å². The maximum atomic E-state index is 12.0. The van der Waals surface area contributed by atoms with Gasteiger partial charge < -0.3 is 5.11 Å². The van der Waals surface area contributed by atoms with Gasteiger partial charge in [0, 0.05) is 15.6 Å². The van der Waals surface area contributed by atoms with Crippen LogP contribution >= 0.6 is 23.2 Å². The van der Waals surface area contributed by atoms with Crippen LogP contribution in [-0.4, -0.2) is 24.7 Å². The number of rotatable bonds is 5. The first-order chi connectivity index (χ1) is 8.29. The molecule has 0 radical (unpaired) electrons. The normalized spacial score (nSPS) is 13.3. The molecule has 18 heavy (non-hydrogen) atoms. The number of sulfone groups is 1. The summed E-state index contributed by atoms with van der Waals surface area (Å²) >= 11 is 11.7. The minimum Gasteiger partial charge on any atom is -0.480 e. The quantitative estimate of drug-likeness (QED) is 0.907. The molecule has 0 aliphatic rings. The van der Waals surface area contributed by atoms with Crippen LogP contribution in [0.1, 0.15) is 18.9 Å². The highest BCUT2D eigenvalue weighted by atomic mass is 35.5. The van der Waals surface area contributed by atoms with Gasteiger partial charge in [-0.25, -0.2) is 8.42 Å². The summed E-state index contributed by atoms with van der Waals surface area (Å²) in [5.74, 6) is -1.84. The van der Waals surface area contributed by atoms with E-state index in [1.165, 1.54) is 19.1 Å². The van der Waals surface area contributed by atoms with E-state index in [2.05, 4.69) is 0 Å². The fourth-order valence-electron chi connectivity index (χ4n) is 1.55. The SMILES string of the molecule is CCC(C(=O)O)S(=O)(=O)Cc1c(Cl)cccc1Cl. The van der Waals surface area contributed by atoms with Crippen molar-refractivity contribution in [3.8, 4) is 0 Å². The maximum Gasteiger partial charge on any atom is 0.321 e. The minimum atomic E-state index is -3.84. The lowest BCUT2D eigenvalue weighted by atomic mass is 10.2. The van der Waals surface area contributed by atoms with E-state index in [1.807, 2.05) is 0 Å². The number of halogens is 2. The lowest BCUT2D eigenvalue weighted by Gasteiger charge is -2.13. The molecule has 0 heterocycles. The first kappa shape index (κ1) is 15.3. The van der Waals surface area contributed by atoms with Crippen LogP contribution in [0.3, 0.4) is 0 Å². The van der Waals surface area contributed by atoms with Crippen LogP contribution in [0, 0.1) is 0 Å². The number of hydrogen-bond acceptors (Lipinski definition) is 3. The smallest absolute Gasteiger partial charge is 0.321 e. The van der Waals surface area contributed by atoms with Gasteiger partial charge in [-0.3, -0.25) is 4.79 Å². The molecule has 0 aliphatic carbocycles. The molecule has 1 unspecified atom stereocenters. The molecular formula is C11H12Cl2O4S. The van der Waals surface area contributed by atoms with Crippen molar-refractivity contribution in [2.75, 3.05) is 0 Å². The summed E-state index contributed by atoms with van der Waals surface area (Å²) < 4.78 is 24.0. The Morgan fingerprint density at radius 2 is 1.83 bits per heavy atom. The zero-order valence-corrected chi connectivity index (χ0v) is 11.9. The third-order valence-electron chi connectivity index (χ3n) is 2.49. The Morgan fingerprint density at radius 3 is 2.22 bits per heavy atom. The molecule has 0 spiro atoms. The first-order valence-electron chi connectivity index (χ1n) is 5.17. The second-order valence-electron chi connectivity index (χ2n) is 3.74. The molecule has 1 atom stereocenters. The average Bonchev–Trinajstić information content (AvgIpc) is 2.23. The van der Waals surface area contributed by atoms with Gasteiger partial charge in [-0.1, -0.05) is 36.2 Å². The fraction of sp³-hybridized carbons (Fsp3) is 0.364. The van der Waals surface area contributed by atoms with Gasteiger partial charge in [-0.05, 0) is 18.6 Å². The van der Waals surface area contributed by atoms with Gasteiger partial charge in [0.2, 0.25) is 0 Å². The molecule has 0 fully saturated rings. The summed E-state index contributed by atoms with van der Waals surface area (Å²) in [5, 5.41) is 7.87. The van der Waals surface area contributed by atoms with Crippen LogP contribution in [0.25, 0.3) is 0 Å². The lowest BCUT2D eigenvalue weighted by molar-refractivity contribution is -0.136. The van der Waals surface area contributed by atoms with Gasteiger partial charge in [-0.2, -0.15) is 0 Å². The molecule has 1 N–H and O–H groups in total. The summed E-state index contributed by atoms with van der Waals surface area (Å²) in [7, 11) is -3.84. The third-order valence-corrected chi connectivity index (χ3v) is 5.29. The molecule has 100 valence electrons. The van der Waals surface area contributed by atoms with E-state index in [4.69, 9.17) is 28.3 Å². The van der Waals surface area contributed by atoms with Crippen molar-refractivity contribution < 1.29 is 18.3 Å². The standard InChI is InChI=1S/C11H12Cl2O4S/c1-2-10(11(14)15)18(16,17)6-7-8(12)4-3-5-9(7)13/h3-5,10H,2,6H2,1H3,(H,14,15). The van der Waals surface area contributed by atoms with Crippen LogP contribution in [0.2, 0.25) is 10.0 Å². The molecule has 0 bridgehead atoms. The summed E-state index contributed by atoms with van der Waals surface area (Å²) in [4.78, 5) is 10.9. The van der Waals surface area contributed by atoms with Crippen molar-refractivity contribution in [1.82, 2.24) is 0 Å². The molecule has 0 aliphatic heterocycles. The molecule has 0 amide bonds. The number of benzene rings is 1. The molecule has 7 heteroatoms.